The summed E-state index contributed by atoms with van der Waals surface area (Å²) >= 11 is 0. The number of carboxylic acid groups (broad SMARTS) is 1. The number of aliphatic hydroxyl groups excluding tert-OH is 1. The number of nitrogens with zero attached hydrogens (tertiary/aromatic N) is 2. The lowest BCUT2D eigenvalue weighted by atomic mass is 10.0. The fourth-order valence-electron chi connectivity index (χ4n) is 2.37. The molecule has 1 aromatic rings. The summed E-state index contributed by atoms with van der Waals surface area (Å²) in [5.41, 5.74) is 0.820. The van der Waals surface area contributed by atoms with Crippen LogP contribution in [0.3, 0.4) is 0 Å². The topological polar surface area (TPSA) is 73.7 Å². The molecule has 1 aliphatic heterocycles. The Hall–Kier alpha value is -1.46. The molecular weight excluding hydrogens is 232 g/mol. The van der Waals surface area contributed by atoms with Gasteiger partial charge >= 0.3 is 5.97 Å². The number of carboxylic acids is 1. The molecule has 2 heterocycles. The van der Waals surface area contributed by atoms with Crippen LogP contribution in [-0.2, 0) is 6.54 Å². The van der Waals surface area contributed by atoms with Crippen molar-refractivity contribution in [1.82, 2.24) is 9.88 Å². The van der Waals surface area contributed by atoms with Crippen LogP contribution in [0.4, 0.5) is 0 Å². The molecule has 0 saturated carbocycles. The third-order valence-electron chi connectivity index (χ3n) is 3.35. The number of likely N-dealkylation sites (tertiary alicyclic amines) is 1. The molecule has 1 aromatic heterocycles. The van der Waals surface area contributed by atoms with Crippen molar-refractivity contribution in [3.63, 3.8) is 0 Å². The van der Waals surface area contributed by atoms with Crippen molar-refractivity contribution < 1.29 is 15.0 Å². The average Bonchev–Trinajstić information content (AvgIpc) is 2.39. The van der Waals surface area contributed by atoms with Crippen LogP contribution in [0.2, 0.25) is 0 Å². The van der Waals surface area contributed by atoms with Gasteiger partial charge in [-0.15, -0.1) is 0 Å². The van der Waals surface area contributed by atoms with Gasteiger partial charge in [-0.2, -0.15) is 0 Å². The predicted molar refractivity (Wildman–Crippen MR) is 66.3 cm³/mol. The third kappa shape index (κ3) is 3.05. The van der Waals surface area contributed by atoms with Gasteiger partial charge in [-0.05, 0) is 31.5 Å². The van der Waals surface area contributed by atoms with Crippen molar-refractivity contribution in [3.05, 3.63) is 29.6 Å². The van der Waals surface area contributed by atoms with E-state index in [0.717, 1.165) is 31.5 Å². The number of carbonyl (C=O) groups is 1. The van der Waals surface area contributed by atoms with Crippen molar-refractivity contribution >= 4 is 5.97 Å². The van der Waals surface area contributed by atoms with Gasteiger partial charge in [0.05, 0.1) is 12.3 Å². The van der Waals surface area contributed by atoms with E-state index in [2.05, 4.69) is 9.88 Å². The van der Waals surface area contributed by atoms with Crippen molar-refractivity contribution in [2.45, 2.75) is 31.8 Å². The van der Waals surface area contributed by atoms with Crippen LogP contribution >= 0.6 is 0 Å². The van der Waals surface area contributed by atoms with E-state index in [1.807, 2.05) is 6.07 Å². The number of aromatic carboxylic acids is 1. The molecule has 0 spiro atoms. The molecule has 0 radical (unpaired) electrons. The quantitative estimate of drug-likeness (QED) is 0.838. The third-order valence-corrected chi connectivity index (χ3v) is 3.35. The molecule has 1 fully saturated rings. The minimum Gasteiger partial charge on any atom is -0.477 e. The smallest absolute Gasteiger partial charge is 0.354 e. The van der Waals surface area contributed by atoms with Gasteiger partial charge in [0.1, 0.15) is 5.69 Å². The van der Waals surface area contributed by atoms with E-state index in [4.69, 9.17) is 5.11 Å². The lowest BCUT2D eigenvalue weighted by Crippen LogP contribution is -2.41. The maximum atomic E-state index is 10.8. The number of piperidine rings is 1. The van der Waals surface area contributed by atoms with Crippen LogP contribution in [0.5, 0.6) is 0 Å². The molecule has 98 valence electrons. The molecule has 5 nitrogen and oxygen atoms in total. The SMILES string of the molecule is O=C(O)c1cccc(CN2CCCCC2CO)n1. The Labute approximate surface area is 106 Å². The molecule has 0 aliphatic carbocycles. The number of hydrogen-bond donors (Lipinski definition) is 2. The van der Waals surface area contributed by atoms with Crippen LogP contribution in [-0.4, -0.2) is 45.3 Å². The molecule has 0 amide bonds. The summed E-state index contributed by atoms with van der Waals surface area (Å²) in [6.07, 6.45) is 3.26. The second-order valence-electron chi connectivity index (χ2n) is 4.62. The highest BCUT2D eigenvalue weighted by atomic mass is 16.4. The zero-order valence-corrected chi connectivity index (χ0v) is 10.2. The monoisotopic (exact) mass is 250 g/mol. The molecule has 18 heavy (non-hydrogen) atoms. The molecular formula is C13H18N2O3. The molecule has 0 aromatic carbocycles. The first-order valence-electron chi connectivity index (χ1n) is 6.25. The Bertz CT molecular complexity index is 422. The van der Waals surface area contributed by atoms with Crippen LogP contribution < -0.4 is 0 Å². The first-order chi connectivity index (χ1) is 8.70. The Kier molecular flexibility index (Phi) is 4.28. The van der Waals surface area contributed by atoms with Gasteiger partial charge < -0.3 is 10.2 Å². The zero-order valence-electron chi connectivity index (χ0n) is 10.2. The second-order valence-corrected chi connectivity index (χ2v) is 4.62. The van der Waals surface area contributed by atoms with E-state index < -0.39 is 5.97 Å². The van der Waals surface area contributed by atoms with E-state index in [9.17, 15) is 9.90 Å². The van der Waals surface area contributed by atoms with Crippen LogP contribution in [0.1, 0.15) is 35.4 Å². The van der Waals surface area contributed by atoms with E-state index in [0.29, 0.717) is 6.54 Å². The molecule has 1 atom stereocenters. The highest BCUT2D eigenvalue weighted by Crippen LogP contribution is 2.18. The number of aliphatic hydroxyl groups is 1. The van der Waals surface area contributed by atoms with Gasteiger partial charge in [0, 0.05) is 12.6 Å². The second kappa shape index (κ2) is 5.93. The van der Waals surface area contributed by atoms with Gasteiger partial charge in [-0.3, -0.25) is 4.90 Å². The highest BCUT2D eigenvalue weighted by molar-refractivity contribution is 5.85. The van der Waals surface area contributed by atoms with Gasteiger partial charge in [-0.1, -0.05) is 12.5 Å². The average molecular weight is 250 g/mol. The van der Waals surface area contributed by atoms with Crippen LogP contribution in [0, 0.1) is 0 Å². The van der Waals surface area contributed by atoms with Gasteiger partial charge in [0.25, 0.3) is 0 Å². The standard InChI is InChI=1S/C13H18N2O3/c16-9-11-5-1-2-7-15(11)8-10-4-3-6-12(14-10)13(17)18/h3-4,6,11,16H,1-2,5,7-9H2,(H,17,18). The van der Waals surface area contributed by atoms with Crippen LogP contribution in [0.15, 0.2) is 18.2 Å². The Morgan fingerprint density at radius 1 is 1.44 bits per heavy atom. The summed E-state index contributed by atoms with van der Waals surface area (Å²) < 4.78 is 0. The number of pyridine rings is 1. The minimum absolute atomic E-state index is 0.0741. The summed E-state index contributed by atoms with van der Waals surface area (Å²) in [5.74, 6) is -1.01. The predicted octanol–water partition coefficient (Wildman–Crippen LogP) is 1.13. The van der Waals surface area contributed by atoms with Gasteiger partial charge in [0.15, 0.2) is 0 Å². The summed E-state index contributed by atoms with van der Waals surface area (Å²) in [5, 5.41) is 18.2. The van der Waals surface area contributed by atoms with E-state index >= 15 is 0 Å². The number of hydrogen-bond acceptors (Lipinski definition) is 4. The zero-order chi connectivity index (χ0) is 13.0. The Balaban J connectivity index is 2.07. The van der Waals surface area contributed by atoms with Gasteiger partial charge in [0.2, 0.25) is 0 Å². The lowest BCUT2D eigenvalue weighted by molar-refractivity contribution is 0.0686. The summed E-state index contributed by atoms with van der Waals surface area (Å²) in [6, 6.07) is 5.21. The first-order valence-corrected chi connectivity index (χ1v) is 6.25. The normalized spacial score (nSPS) is 20.8. The molecule has 1 unspecified atom stereocenters. The fourth-order valence-corrected chi connectivity index (χ4v) is 2.37. The summed E-state index contributed by atoms with van der Waals surface area (Å²) in [7, 11) is 0. The van der Waals surface area contributed by atoms with E-state index in [-0.39, 0.29) is 18.3 Å². The van der Waals surface area contributed by atoms with Crippen molar-refractivity contribution in [2.75, 3.05) is 13.2 Å². The van der Waals surface area contributed by atoms with E-state index in [1.165, 1.54) is 6.07 Å². The molecule has 1 aliphatic rings. The number of rotatable bonds is 4. The molecule has 5 heteroatoms. The van der Waals surface area contributed by atoms with Crippen LogP contribution in [0.25, 0.3) is 0 Å². The molecule has 0 bridgehead atoms. The highest BCUT2D eigenvalue weighted by Gasteiger charge is 2.22. The van der Waals surface area contributed by atoms with E-state index in [1.54, 1.807) is 6.07 Å². The molecule has 2 rings (SSSR count). The maximum Gasteiger partial charge on any atom is 0.354 e. The first kappa shape index (κ1) is 13.0. The van der Waals surface area contributed by atoms with Gasteiger partial charge in [-0.25, -0.2) is 9.78 Å². The fraction of sp³-hybridized carbons (Fsp3) is 0.538. The minimum atomic E-state index is -1.01. The summed E-state index contributed by atoms with van der Waals surface area (Å²) in [4.78, 5) is 17.1. The largest absolute Gasteiger partial charge is 0.477 e. The van der Waals surface area contributed by atoms with Crippen molar-refractivity contribution in [2.24, 2.45) is 0 Å². The lowest BCUT2D eigenvalue weighted by Gasteiger charge is -2.34. The summed E-state index contributed by atoms with van der Waals surface area (Å²) in [6.45, 7) is 1.69. The Morgan fingerprint density at radius 2 is 2.28 bits per heavy atom. The van der Waals surface area contributed by atoms with Crippen molar-refractivity contribution in [1.29, 1.82) is 0 Å². The van der Waals surface area contributed by atoms with Crippen molar-refractivity contribution in [3.8, 4) is 0 Å². The molecule has 2 N–H and O–H groups in total. The maximum absolute atomic E-state index is 10.8. The Morgan fingerprint density at radius 3 is 3.00 bits per heavy atom. The number of aromatic nitrogens is 1. The molecule has 1 saturated heterocycles.